The van der Waals surface area contributed by atoms with Crippen LogP contribution < -0.4 is 17.0 Å². The topological polar surface area (TPSA) is 108 Å². The molecule has 2 N–H and O–H groups in total. The Morgan fingerprint density at radius 2 is 2.08 bits per heavy atom. The van der Waals surface area contributed by atoms with E-state index in [-0.39, 0.29) is 35.8 Å². The summed E-state index contributed by atoms with van der Waals surface area (Å²) in [6.07, 6.45) is 1.54. The van der Waals surface area contributed by atoms with Crippen LogP contribution in [0, 0.1) is 0 Å². The Labute approximate surface area is 147 Å². The highest BCUT2D eigenvalue weighted by atomic mass is 35.5. The average Bonchev–Trinajstić information content (AvgIpc) is 3.17. The Hall–Kier alpha value is -1.78. The zero-order valence-corrected chi connectivity index (χ0v) is 15.0. The number of thioether (sulfide) groups is 1. The lowest BCUT2D eigenvalue weighted by Crippen LogP contribution is -2.41. The van der Waals surface area contributed by atoms with E-state index in [0.29, 0.717) is 24.3 Å². The molecular formula is C13H19ClN6O3S. The third-order valence-corrected chi connectivity index (χ3v) is 5.26. The van der Waals surface area contributed by atoms with Gasteiger partial charge in [0, 0.05) is 26.4 Å². The summed E-state index contributed by atoms with van der Waals surface area (Å²) in [5.41, 5.74) is 5.35. The molecule has 9 nitrogen and oxygen atoms in total. The van der Waals surface area contributed by atoms with Crippen molar-refractivity contribution < 1.29 is 4.79 Å². The minimum Gasteiger partial charge on any atom is -0.327 e. The molecule has 0 aliphatic carbocycles. The number of carbonyl (C=O) groups excluding carboxylic acids is 1. The number of carbonyl (C=O) groups is 1. The molecule has 24 heavy (non-hydrogen) atoms. The van der Waals surface area contributed by atoms with Crippen LogP contribution in [0.4, 0.5) is 0 Å². The van der Waals surface area contributed by atoms with Gasteiger partial charge in [-0.2, -0.15) is 0 Å². The summed E-state index contributed by atoms with van der Waals surface area (Å²) in [5, 5.41) is -0.0922. The Balaban J connectivity index is 0.00000208. The number of hydrogen-bond acceptors (Lipinski definition) is 6. The molecular weight excluding hydrogens is 356 g/mol. The van der Waals surface area contributed by atoms with E-state index < -0.39 is 5.69 Å². The Kier molecular flexibility index (Phi) is 5.41. The van der Waals surface area contributed by atoms with E-state index in [1.54, 1.807) is 28.3 Å². The third-order valence-electron chi connectivity index (χ3n) is 4.06. The van der Waals surface area contributed by atoms with Gasteiger partial charge in [-0.3, -0.25) is 18.7 Å². The van der Waals surface area contributed by atoms with Crippen molar-refractivity contribution in [1.29, 1.82) is 0 Å². The molecule has 1 amide bonds. The number of nitrogens with two attached hydrogens (primary N) is 1. The standard InChI is InChI=1S/C13H18N6O3S.ClH/c1-16-11-10(12(21)17(2)13(16)22)18(7-15-11)6-9-19(3-4-23-9)8(20)5-14;/h7,9H,3-6,14H2,1-2H3;1H. The molecule has 3 rings (SSSR count). The highest BCUT2D eigenvalue weighted by molar-refractivity contribution is 8.00. The second kappa shape index (κ2) is 6.99. The highest BCUT2D eigenvalue weighted by Crippen LogP contribution is 2.25. The first-order chi connectivity index (χ1) is 11.0. The molecule has 1 fully saturated rings. The van der Waals surface area contributed by atoms with Gasteiger partial charge < -0.3 is 15.2 Å². The number of amides is 1. The van der Waals surface area contributed by atoms with E-state index in [1.807, 2.05) is 0 Å². The van der Waals surface area contributed by atoms with Crippen LogP contribution in [0.1, 0.15) is 0 Å². The van der Waals surface area contributed by atoms with E-state index in [9.17, 15) is 14.4 Å². The Morgan fingerprint density at radius 1 is 1.38 bits per heavy atom. The van der Waals surface area contributed by atoms with Crippen molar-refractivity contribution in [3.63, 3.8) is 0 Å². The van der Waals surface area contributed by atoms with Crippen LogP contribution >= 0.6 is 24.2 Å². The van der Waals surface area contributed by atoms with E-state index in [0.717, 1.165) is 10.3 Å². The molecule has 1 aliphatic rings. The van der Waals surface area contributed by atoms with Gasteiger partial charge in [0.15, 0.2) is 11.2 Å². The van der Waals surface area contributed by atoms with Crippen LogP contribution in [0.25, 0.3) is 11.2 Å². The fourth-order valence-corrected chi connectivity index (χ4v) is 4.02. The zero-order chi connectivity index (χ0) is 16.7. The Morgan fingerprint density at radius 3 is 2.75 bits per heavy atom. The van der Waals surface area contributed by atoms with Crippen molar-refractivity contribution in [3.8, 4) is 0 Å². The van der Waals surface area contributed by atoms with Crippen molar-refractivity contribution >= 4 is 41.2 Å². The van der Waals surface area contributed by atoms with Crippen LogP contribution in [0.2, 0.25) is 0 Å². The van der Waals surface area contributed by atoms with Gasteiger partial charge in [0.05, 0.1) is 24.8 Å². The number of fused-ring (bicyclic) bond motifs is 1. The summed E-state index contributed by atoms with van der Waals surface area (Å²) >= 11 is 1.64. The van der Waals surface area contributed by atoms with E-state index in [4.69, 9.17) is 5.73 Å². The number of aryl methyl sites for hydroxylation is 1. The lowest BCUT2D eigenvalue weighted by molar-refractivity contribution is -0.129. The van der Waals surface area contributed by atoms with Gasteiger partial charge in [-0.25, -0.2) is 9.78 Å². The molecule has 1 unspecified atom stereocenters. The number of imidazole rings is 1. The predicted octanol–water partition coefficient (Wildman–Crippen LogP) is -1.28. The second-order valence-corrected chi connectivity index (χ2v) is 6.68. The molecule has 2 aromatic heterocycles. The van der Waals surface area contributed by atoms with Gasteiger partial charge in [0.2, 0.25) is 5.91 Å². The number of aromatic nitrogens is 4. The van der Waals surface area contributed by atoms with Gasteiger partial charge in [-0.1, -0.05) is 0 Å². The lowest BCUT2D eigenvalue weighted by Gasteiger charge is -2.23. The van der Waals surface area contributed by atoms with Crippen molar-refractivity contribution in [2.75, 3.05) is 18.8 Å². The monoisotopic (exact) mass is 374 g/mol. The molecule has 0 radical (unpaired) electrons. The molecule has 3 heterocycles. The molecule has 0 aromatic carbocycles. The molecule has 2 aromatic rings. The maximum absolute atomic E-state index is 12.4. The summed E-state index contributed by atoms with van der Waals surface area (Å²) in [5.74, 6) is 0.726. The fraction of sp³-hybridized carbons (Fsp3) is 0.538. The summed E-state index contributed by atoms with van der Waals surface area (Å²) in [6.45, 7) is 1.05. The van der Waals surface area contributed by atoms with E-state index in [1.165, 1.54) is 17.9 Å². The summed E-state index contributed by atoms with van der Waals surface area (Å²) in [4.78, 5) is 42.2. The van der Waals surface area contributed by atoms with Crippen molar-refractivity contribution in [2.24, 2.45) is 19.8 Å². The van der Waals surface area contributed by atoms with Gasteiger partial charge >= 0.3 is 5.69 Å². The van der Waals surface area contributed by atoms with Crippen molar-refractivity contribution in [1.82, 2.24) is 23.6 Å². The molecule has 132 valence electrons. The van der Waals surface area contributed by atoms with Gasteiger partial charge in [0.1, 0.15) is 0 Å². The van der Waals surface area contributed by atoms with Crippen LogP contribution in [-0.2, 0) is 25.4 Å². The van der Waals surface area contributed by atoms with Crippen molar-refractivity contribution in [3.05, 3.63) is 27.2 Å². The first-order valence-corrected chi connectivity index (χ1v) is 8.22. The minimum atomic E-state index is -0.414. The molecule has 1 aliphatic heterocycles. The Bertz CT molecular complexity index is 888. The van der Waals surface area contributed by atoms with E-state index >= 15 is 0 Å². The maximum atomic E-state index is 12.4. The molecule has 1 saturated heterocycles. The van der Waals surface area contributed by atoms with Gasteiger partial charge in [-0.15, -0.1) is 24.2 Å². The minimum absolute atomic E-state index is 0. The summed E-state index contributed by atoms with van der Waals surface area (Å²) in [6, 6.07) is 0. The van der Waals surface area contributed by atoms with Gasteiger partial charge in [-0.05, 0) is 0 Å². The number of halogens is 1. The molecule has 0 spiro atoms. The lowest BCUT2D eigenvalue weighted by atomic mass is 10.4. The zero-order valence-electron chi connectivity index (χ0n) is 13.3. The molecule has 11 heteroatoms. The van der Waals surface area contributed by atoms with Gasteiger partial charge in [0.25, 0.3) is 5.56 Å². The average molecular weight is 375 g/mol. The SMILES string of the molecule is Cl.Cn1c(=O)c2c(ncn2CC2SCCN2C(=O)CN)n(C)c1=O. The maximum Gasteiger partial charge on any atom is 0.332 e. The van der Waals surface area contributed by atoms with E-state index in [2.05, 4.69) is 4.98 Å². The fourth-order valence-electron chi connectivity index (χ4n) is 2.78. The number of rotatable bonds is 3. The number of nitrogens with zero attached hydrogens (tertiary/aromatic N) is 5. The van der Waals surface area contributed by atoms with Crippen LogP contribution in [0.5, 0.6) is 0 Å². The van der Waals surface area contributed by atoms with Crippen molar-refractivity contribution in [2.45, 2.75) is 11.9 Å². The third kappa shape index (κ3) is 2.85. The highest BCUT2D eigenvalue weighted by Gasteiger charge is 2.29. The molecule has 0 saturated carbocycles. The molecule has 0 bridgehead atoms. The normalized spacial score (nSPS) is 17.3. The quantitative estimate of drug-likeness (QED) is 0.716. The summed E-state index contributed by atoms with van der Waals surface area (Å²) < 4.78 is 4.11. The van der Waals surface area contributed by atoms with Crippen LogP contribution in [0.3, 0.4) is 0 Å². The van der Waals surface area contributed by atoms with Crippen LogP contribution in [-0.4, -0.2) is 53.7 Å². The predicted molar refractivity (Wildman–Crippen MR) is 94.5 cm³/mol. The first kappa shape index (κ1) is 18.6. The largest absolute Gasteiger partial charge is 0.332 e. The first-order valence-electron chi connectivity index (χ1n) is 7.17. The number of hydrogen-bond donors (Lipinski definition) is 1. The molecule has 1 atom stereocenters. The second-order valence-electron chi connectivity index (χ2n) is 5.39. The van der Waals surface area contributed by atoms with Crippen LogP contribution in [0.15, 0.2) is 15.9 Å². The smallest absolute Gasteiger partial charge is 0.327 e. The summed E-state index contributed by atoms with van der Waals surface area (Å²) in [7, 11) is 3.02.